The van der Waals surface area contributed by atoms with E-state index in [4.69, 9.17) is 11.6 Å². The summed E-state index contributed by atoms with van der Waals surface area (Å²) in [6.45, 7) is 3.73. The standard InChI is InChI=1S/C17H17ClFN3/c1-10-5-11(9-20-8-10)16-21-13-6-15(19)17(2,18)7-14(13)22(16)12-3-4-12/h5-6,8-9,12H,3-4,7H2,1-2H3. The third-order valence-electron chi connectivity index (χ3n) is 4.35. The zero-order chi connectivity index (χ0) is 15.5. The number of fused-ring (bicyclic) bond motifs is 1. The van der Waals surface area contributed by atoms with Crippen molar-refractivity contribution in [1.29, 1.82) is 0 Å². The quantitative estimate of drug-likeness (QED) is 0.766. The van der Waals surface area contributed by atoms with Gasteiger partial charge in [0.1, 0.15) is 11.7 Å². The average Bonchev–Trinajstić information content (AvgIpc) is 3.22. The Balaban J connectivity index is 1.92. The van der Waals surface area contributed by atoms with Crippen LogP contribution in [0.1, 0.15) is 42.8 Å². The van der Waals surface area contributed by atoms with Gasteiger partial charge in [0.05, 0.1) is 10.6 Å². The summed E-state index contributed by atoms with van der Waals surface area (Å²) in [7, 11) is 0. The predicted molar refractivity (Wildman–Crippen MR) is 85.5 cm³/mol. The maximum atomic E-state index is 14.1. The molecule has 0 bridgehead atoms. The number of nitrogens with zero attached hydrogens (tertiary/aromatic N) is 3. The number of aromatic nitrogens is 3. The van der Waals surface area contributed by atoms with Gasteiger partial charge in [-0.15, -0.1) is 11.6 Å². The summed E-state index contributed by atoms with van der Waals surface area (Å²) in [6.07, 6.45) is 7.87. The summed E-state index contributed by atoms with van der Waals surface area (Å²) >= 11 is 6.33. The Morgan fingerprint density at radius 1 is 1.36 bits per heavy atom. The van der Waals surface area contributed by atoms with Gasteiger partial charge in [-0.05, 0) is 44.4 Å². The Bertz CT molecular complexity index is 787. The number of halogens is 2. The van der Waals surface area contributed by atoms with Crippen molar-refractivity contribution in [2.45, 2.75) is 44.0 Å². The van der Waals surface area contributed by atoms with Crippen molar-refractivity contribution in [1.82, 2.24) is 14.5 Å². The van der Waals surface area contributed by atoms with Crippen LogP contribution in [0.5, 0.6) is 0 Å². The van der Waals surface area contributed by atoms with Crippen LogP contribution in [-0.2, 0) is 6.42 Å². The second-order valence-electron chi connectivity index (χ2n) is 6.49. The van der Waals surface area contributed by atoms with E-state index in [1.165, 1.54) is 6.08 Å². The van der Waals surface area contributed by atoms with Crippen molar-refractivity contribution in [2.24, 2.45) is 0 Å². The van der Waals surface area contributed by atoms with E-state index in [1.54, 1.807) is 6.92 Å². The largest absolute Gasteiger partial charge is 0.324 e. The van der Waals surface area contributed by atoms with Gasteiger partial charge in [-0.3, -0.25) is 4.98 Å². The highest BCUT2D eigenvalue weighted by molar-refractivity contribution is 6.26. The van der Waals surface area contributed by atoms with Crippen molar-refractivity contribution in [3.63, 3.8) is 0 Å². The topological polar surface area (TPSA) is 30.7 Å². The first-order chi connectivity index (χ1) is 10.5. The molecule has 1 unspecified atom stereocenters. The molecule has 22 heavy (non-hydrogen) atoms. The fourth-order valence-corrected chi connectivity index (χ4v) is 3.23. The molecule has 2 heterocycles. The van der Waals surface area contributed by atoms with E-state index in [0.717, 1.165) is 35.5 Å². The SMILES string of the molecule is Cc1cncc(-c2nc3c(n2C2CC2)CC(C)(Cl)C(F)=C3)c1. The molecule has 1 atom stereocenters. The van der Waals surface area contributed by atoms with Crippen LogP contribution in [0.25, 0.3) is 17.5 Å². The van der Waals surface area contributed by atoms with Crippen LogP contribution >= 0.6 is 11.6 Å². The second-order valence-corrected chi connectivity index (χ2v) is 7.32. The highest BCUT2D eigenvalue weighted by Gasteiger charge is 2.38. The van der Waals surface area contributed by atoms with Crippen LogP contribution < -0.4 is 0 Å². The van der Waals surface area contributed by atoms with Crippen LogP contribution in [0.2, 0.25) is 0 Å². The number of hydrogen-bond donors (Lipinski definition) is 0. The molecule has 2 aliphatic carbocycles. The number of alkyl halides is 1. The van der Waals surface area contributed by atoms with Gasteiger partial charge in [0, 0.05) is 36.1 Å². The molecule has 1 saturated carbocycles. The number of pyridine rings is 1. The molecule has 0 aliphatic heterocycles. The summed E-state index contributed by atoms with van der Waals surface area (Å²) < 4.78 is 16.4. The van der Waals surface area contributed by atoms with E-state index in [-0.39, 0.29) is 5.83 Å². The van der Waals surface area contributed by atoms with E-state index in [1.807, 2.05) is 19.3 Å². The van der Waals surface area contributed by atoms with E-state index in [0.29, 0.717) is 18.2 Å². The number of aryl methyl sites for hydroxylation is 1. The lowest BCUT2D eigenvalue weighted by Gasteiger charge is -2.25. The van der Waals surface area contributed by atoms with E-state index < -0.39 is 4.87 Å². The number of rotatable bonds is 2. The monoisotopic (exact) mass is 317 g/mol. The van der Waals surface area contributed by atoms with Crippen LogP contribution in [0.3, 0.4) is 0 Å². The van der Waals surface area contributed by atoms with Gasteiger partial charge >= 0.3 is 0 Å². The van der Waals surface area contributed by atoms with Gasteiger partial charge in [-0.25, -0.2) is 9.37 Å². The number of hydrogen-bond acceptors (Lipinski definition) is 2. The molecule has 2 aliphatic rings. The lowest BCUT2D eigenvalue weighted by atomic mass is 9.96. The molecular weight excluding hydrogens is 301 g/mol. The smallest absolute Gasteiger partial charge is 0.142 e. The van der Waals surface area contributed by atoms with Gasteiger partial charge in [0.15, 0.2) is 0 Å². The zero-order valence-electron chi connectivity index (χ0n) is 12.6. The second kappa shape index (κ2) is 4.66. The molecule has 114 valence electrons. The summed E-state index contributed by atoms with van der Waals surface area (Å²) in [5.74, 6) is 0.568. The summed E-state index contributed by atoms with van der Waals surface area (Å²) in [5.41, 5.74) is 3.81. The third kappa shape index (κ3) is 2.17. The van der Waals surface area contributed by atoms with Gasteiger partial charge in [-0.2, -0.15) is 0 Å². The minimum absolute atomic E-state index is 0.309. The summed E-state index contributed by atoms with van der Waals surface area (Å²) in [5, 5.41) is 0. The van der Waals surface area contributed by atoms with Crippen LogP contribution in [0.4, 0.5) is 4.39 Å². The fraction of sp³-hybridized carbons (Fsp3) is 0.412. The Labute approximate surface area is 133 Å². The molecule has 4 rings (SSSR count). The maximum Gasteiger partial charge on any atom is 0.142 e. The first-order valence-electron chi connectivity index (χ1n) is 7.55. The number of allylic oxidation sites excluding steroid dienone is 1. The number of imidazole rings is 1. The zero-order valence-corrected chi connectivity index (χ0v) is 13.4. The fourth-order valence-electron chi connectivity index (χ4n) is 3.05. The van der Waals surface area contributed by atoms with Gasteiger partial charge in [0.2, 0.25) is 0 Å². The molecular formula is C17H17ClFN3. The Kier molecular flexibility index (Phi) is 2.95. The van der Waals surface area contributed by atoms with Gasteiger partial charge < -0.3 is 4.57 Å². The van der Waals surface area contributed by atoms with Crippen molar-refractivity contribution in [3.05, 3.63) is 41.2 Å². The normalized spacial score (nSPS) is 24.1. The van der Waals surface area contributed by atoms with Gasteiger partial charge in [0.25, 0.3) is 0 Å². The highest BCUT2D eigenvalue weighted by Crippen LogP contribution is 2.45. The van der Waals surface area contributed by atoms with Crippen molar-refractivity contribution in [3.8, 4) is 11.4 Å². The molecule has 1 fully saturated rings. The van der Waals surface area contributed by atoms with Crippen molar-refractivity contribution in [2.75, 3.05) is 0 Å². The van der Waals surface area contributed by atoms with Crippen LogP contribution in [-0.4, -0.2) is 19.4 Å². The first-order valence-corrected chi connectivity index (χ1v) is 7.93. The lowest BCUT2D eigenvalue weighted by molar-refractivity contribution is 0.503. The van der Waals surface area contributed by atoms with E-state index in [2.05, 4.69) is 20.6 Å². The molecule has 2 aromatic rings. The summed E-state index contributed by atoms with van der Waals surface area (Å²) in [6, 6.07) is 2.52. The predicted octanol–water partition coefficient (Wildman–Crippen LogP) is 4.45. The van der Waals surface area contributed by atoms with E-state index >= 15 is 0 Å². The molecule has 2 aromatic heterocycles. The summed E-state index contributed by atoms with van der Waals surface area (Å²) in [4.78, 5) is 7.98. The van der Waals surface area contributed by atoms with E-state index in [9.17, 15) is 4.39 Å². The molecule has 0 spiro atoms. The molecule has 5 heteroatoms. The molecule has 0 N–H and O–H groups in total. The molecule has 0 saturated heterocycles. The first kappa shape index (κ1) is 13.9. The van der Waals surface area contributed by atoms with Crippen LogP contribution in [0.15, 0.2) is 24.3 Å². The molecule has 0 radical (unpaired) electrons. The molecule has 0 aromatic carbocycles. The minimum Gasteiger partial charge on any atom is -0.324 e. The Morgan fingerprint density at radius 3 is 2.82 bits per heavy atom. The van der Waals surface area contributed by atoms with Crippen molar-refractivity contribution < 1.29 is 4.39 Å². The average molecular weight is 318 g/mol. The minimum atomic E-state index is -0.970. The van der Waals surface area contributed by atoms with Crippen molar-refractivity contribution >= 4 is 17.7 Å². The lowest BCUT2D eigenvalue weighted by Crippen LogP contribution is -2.26. The highest BCUT2D eigenvalue weighted by atomic mass is 35.5. The maximum absolute atomic E-state index is 14.1. The molecule has 0 amide bonds. The van der Waals surface area contributed by atoms with Crippen LogP contribution in [0, 0.1) is 6.92 Å². The Morgan fingerprint density at radius 2 is 2.14 bits per heavy atom. The third-order valence-corrected chi connectivity index (χ3v) is 4.66. The van der Waals surface area contributed by atoms with Gasteiger partial charge in [-0.1, -0.05) is 0 Å². The molecule has 3 nitrogen and oxygen atoms in total. The Hall–Kier alpha value is -1.68.